The number of amides is 2. The molecule has 2 aromatic carbocycles. The van der Waals surface area contributed by atoms with Gasteiger partial charge in [0, 0.05) is 32.3 Å². The molecule has 1 fully saturated rings. The number of carbonyl (C=O) groups excluding carboxylic acids is 2. The third-order valence-electron chi connectivity index (χ3n) is 5.97. The summed E-state index contributed by atoms with van der Waals surface area (Å²) in [7, 11) is 5.14. The van der Waals surface area contributed by atoms with Crippen LogP contribution < -0.4 is 9.80 Å². The number of rotatable bonds is 7. The lowest BCUT2D eigenvalue weighted by atomic mass is 9.96. The molecule has 30 heavy (non-hydrogen) atoms. The standard InChI is InChI=1S/C24H32N4O2/c1-25(2)22(29)18-26(3)23(30)19-27-14-16-28(17-15-27)24(20-10-6-4-7-11-20)21-12-8-5-9-13-21/h4-13,24H,14-19H2,1-3H3/p+2. The van der Waals surface area contributed by atoms with E-state index in [1.54, 1.807) is 30.9 Å². The van der Waals surface area contributed by atoms with Crippen molar-refractivity contribution in [2.75, 3.05) is 60.4 Å². The van der Waals surface area contributed by atoms with E-state index in [4.69, 9.17) is 0 Å². The van der Waals surface area contributed by atoms with Crippen LogP contribution in [0, 0.1) is 0 Å². The van der Waals surface area contributed by atoms with Crippen LogP contribution in [0.1, 0.15) is 17.2 Å². The van der Waals surface area contributed by atoms with Crippen molar-refractivity contribution < 1.29 is 19.4 Å². The van der Waals surface area contributed by atoms with E-state index in [0.717, 1.165) is 26.2 Å². The van der Waals surface area contributed by atoms with Crippen molar-refractivity contribution in [1.82, 2.24) is 9.80 Å². The van der Waals surface area contributed by atoms with E-state index < -0.39 is 0 Å². The zero-order valence-corrected chi connectivity index (χ0v) is 18.3. The number of likely N-dealkylation sites (N-methyl/N-ethyl adjacent to an activating group) is 2. The maximum atomic E-state index is 12.6. The van der Waals surface area contributed by atoms with E-state index >= 15 is 0 Å². The van der Waals surface area contributed by atoms with Gasteiger partial charge in [-0.3, -0.25) is 9.59 Å². The molecule has 0 saturated carbocycles. The first-order chi connectivity index (χ1) is 14.5. The predicted octanol–water partition coefficient (Wildman–Crippen LogP) is -0.894. The van der Waals surface area contributed by atoms with Gasteiger partial charge in [0.1, 0.15) is 32.2 Å². The molecule has 0 bridgehead atoms. The van der Waals surface area contributed by atoms with Crippen molar-refractivity contribution in [3.8, 4) is 0 Å². The number of nitrogens with one attached hydrogen (secondary N) is 2. The molecule has 0 aliphatic carbocycles. The first-order valence-electron chi connectivity index (χ1n) is 10.7. The summed E-state index contributed by atoms with van der Waals surface area (Å²) in [5, 5.41) is 0. The van der Waals surface area contributed by atoms with Crippen LogP contribution in [0.3, 0.4) is 0 Å². The van der Waals surface area contributed by atoms with E-state index in [9.17, 15) is 9.59 Å². The van der Waals surface area contributed by atoms with Crippen molar-refractivity contribution in [1.29, 1.82) is 0 Å². The third-order valence-corrected chi connectivity index (χ3v) is 5.97. The number of carbonyl (C=O) groups is 2. The summed E-state index contributed by atoms with van der Waals surface area (Å²) >= 11 is 0. The van der Waals surface area contributed by atoms with E-state index in [1.165, 1.54) is 20.9 Å². The molecule has 2 amide bonds. The molecule has 6 heteroatoms. The minimum Gasteiger partial charge on any atom is -0.347 e. The first kappa shape index (κ1) is 22.0. The maximum Gasteiger partial charge on any atom is 0.277 e. The second-order valence-electron chi connectivity index (χ2n) is 8.38. The molecule has 0 radical (unpaired) electrons. The highest BCUT2D eigenvalue weighted by molar-refractivity contribution is 5.84. The molecule has 6 nitrogen and oxygen atoms in total. The minimum absolute atomic E-state index is 0.0336. The average Bonchev–Trinajstić information content (AvgIpc) is 2.76. The Labute approximate surface area is 179 Å². The molecule has 160 valence electrons. The quantitative estimate of drug-likeness (QED) is 0.622. The summed E-state index contributed by atoms with van der Waals surface area (Å²) in [5.41, 5.74) is 2.67. The summed E-state index contributed by atoms with van der Waals surface area (Å²) in [6.45, 7) is 4.51. The Kier molecular flexibility index (Phi) is 7.60. The van der Waals surface area contributed by atoms with Gasteiger partial charge in [-0.05, 0) is 0 Å². The monoisotopic (exact) mass is 410 g/mol. The number of piperazine rings is 1. The van der Waals surface area contributed by atoms with Crippen molar-refractivity contribution >= 4 is 11.8 Å². The average molecular weight is 411 g/mol. The van der Waals surface area contributed by atoms with Gasteiger partial charge in [0.2, 0.25) is 5.91 Å². The summed E-state index contributed by atoms with van der Waals surface area (Å²) in [5.74, 6) is -0.0185. The molecule has 0 aromatic heterocycles. The molecule has 1 saturated heterocycles. The highest BCUT2D eigenvalue weighted by Crippen LogP contribution is 2.18. The van der Waals surface area contributed by atoms with Gasteiger partial charge < -0.3 is 19.6 Å². The van der Waals surface area contributed by atoms with E-state index in [-0.39, 0.29) is 18.4 Å². The Bertz CT molecular complexity index is 778. The molecule has 2 aromatic rings. The van der Waals surface area contributed by atoms with Gasteiger partial charge in [-0.1, -0.05) is 60.7 Å². The van der Waals surface area contributed by atoms with Gasteiger partial charge >= 0.3 is 0 Å². The number of quaternary nitrogens is 2. The normalized spacial score (nSPS) is 18.8. The van der Waals surface area contributed by atoms with Crippen molar-refractivity contribution in [3.05, 3.63) is 71.8 Å². The zero-order valence-electron chi connectivity index (χ0n) is 18.3. The molecule has 0 atom stereocenters. The van der Waals surface area contributed by atoms with Crippen LogP contribution in [0.4, 0.5) is 0 Å². The lowest BCUT2D eigenvalue weighted by molar-refractivity contribution is -1.02. The third kappa shape index (κ3) is 5.68. The van der Waals surface area contributed by atoms with Gasteiger partial charge in [0.05, 0.1) is 6.54 Å². The van der Waals surface area contributed by atoms with Crippen molar-refractivity contribution in [2.45, 2.75) is 6.04 Å². The van der Waals surface area contributed by atoms with Crippen LogP contribution in [0.5, 0.6) is 0 Å². The molecule has 1 heterocycles. The van der Waals surface area contributed by atoms with Crippen LogP contribution in [-0.4, -0.2) is 82.0 Å². The molecule has 2 N–H and O–H groups in total. The first-order valence-corrected chi connectivity index (χ1v) is 10.7. The summed E-state index contributed by atoms with van der Waals surface area (Å²) in [4.78, 5) is 30.3. The minimum atomic E-state index is -0.0522. The smallest absolute Gasteiger partial charge is 0.277 e. The predicted molar refractivity (Wildman–Crippen MR) is 117 cm³/mol. The van der Waals surface area contributed by atoms with Crippen LogP contribution in [0.15, 0.2) is 60.7 Å². The Morgan fingerprint density at radius 2 is 1.30 bits per heavy atom. The molecule has 1 aliphatic rings. The lowest BCUT2D eigenvalue weighted by Gasteiger charge is -2.35. The highest BCUT2D eigenvalue weighted by atomic mass is 16.2. The fourth-order valence-corrected chi connectivity index (χ4v) is 4.13. The summed E-state index contributed by atoms with van der Waals surface area (Å²) in [6, 6.07) is 21.7. The lowest BCUT2D eigenvalue weighted by Crippen LogP contribution is -3.28. The van der Waals surface area contributed by atoms with Gasteiger partial charge in [-0.15, -0.1) is 0 Å². The second kappa shape index (κ2) is 10.4. The molecule has 1 aliphatic heterocycles. The van der Waals surface area contributed by atoms with Crippen LogP contribution >= 0.6 is 0 Å². The number of hydrogen-bond acceptors (Lipinski definition) is 2. The number of benzene rings is 2. The Balaban J connectivity index is 1.60. The van der Waals surface area contributed by atoms with Crippen LogP contribution in [0.2, 0.25) is 0 Å². The number of nitrogens with zero attached hydrogens (tertiary/aromatic N) is 2. The Morgan fingerprint density at radius 3 is 1.77 bits per heavy atom. The van der Waals surface area contributed by atoms with E-state index in [0.29, 0.717) is 12.6 Å². The summed E-state index contributed by atoms with van der Waals surface area (Å²) in [6.07, 6.45) is 0. The molecule has 3 rings (SSSR count). The molecular weight excluding hydrogens is 376 g/mol. The van der Waals surface area contributed by atoms with Gasteiger partial charge in [-0.2, -0.15) is 0 Å². The van der Waals surface area contributed by atoms with Gasteiger partial charge in [0.25, 0.3) is 5.91 Å². The topological polar surface area (TPSA) is 49.5 Å². The summed E-state index contributed by atoms with van der Waals surface area (Å²) < 4.78 is 0. The second-order valence-corrected chi connectivity index (χ2v) is 8.38. The van der Waals surface area contributed by atoms with Gasteiger partial charge in [-0.25, -0.2) is 0 Å². The van der Waals surface area contributed by atoms with Crippen LogP contribution in [0.25, 0.3) is 0 Å². The highest BCUT2D eigenvalue weighted by Gasteiger charge is 2.32. The van der Waals surface area contributed by atoms with Gasteiger partial charge in [0.15, 0.2) is 6.54 Å². The fourth-order valence-electron chi connectivity index (χ4n) is 4.13. The molecule has 0 unspecified atom stereocenters. The van der Waals surface area contributed by atoms with E-state index in [1.807, 2.05) is 0 Å². The maximum absolute atomic E-state index is 12.6. The van der Waals surface area contributed by atoms with E-state index in [2.05, 4.69) is 60.7 Å². The van der Waals surface area contributed by atoms with Crippen LogP contribution in [-0.2, 0) is 9.59 Å². The van der Waals surface area contributed by atoms with Crippen molar-refractivity contribution in [3.63, 3.8) is 0 Å². The SMILES string of the molecule is CN(C)C(=O)CN(C)C(=O)C[NH+]1CC[NH+](C(c2ccccc2)c2ccccc2)CC1. The molecular formula is C24H34N4O2+2. The largest absolute Gasteiger partial charge is 0.347 e. The Hall–Kier alpha value is -2.70. The number of hydrogen-bond donors (Lipinski definition) is 2. The van der Waals surface area contributed by atoms with Crippen molar-refractivity contribution in [2.24, 2.45) is 0 Å². The molecule has 0 spiro atoms. The Morgan fingerprint density at radius 1 is 0.800 bits per heavy atom. The zero-order chi connectivity index (χ0) is 21.5. The fraction of sp³-hybridized carbons (Fsp3) is 0.417.